The van der Waals surface area contributed by atoms with Crippen molar-refractivity contribution in [1.29, 1.82) is 0 Å². The summed E-state index contributed by atoms with van der Waals surface area (Å²) in [6.45, 7) is 3.81. The summed E-state index contributed by atoms with van der Waals surface area (Å²) in [6, 6.07) is 0.192. The second kappa shape index (κ2) is 5.06. The summed E-state index contributed by atoms with van der Waals surface area (Å²) < 4.78 is 0. The molecule has 4 nitrogen and oxygen atoms in total. The lowest BCUT2D eigenvalue weighted by molar-refractivity contribution is -0.137. The van der Waals surface area contributed by atoms with Gasteiger partial charge in [0.05, 0.1) is 6.10 Å². The first-order valence-corrected chi connectivity index (χ1v) is 7.78. The number of nitrogens with two attached hydrogens (primary N) is 1. The molecule has 0 aromatic rings. The second-order valence-electron chi connectivity index (χ2n) is 6.97. The van der Waals surface area contributed by atoms with Crippen LogP contribution in [0.3, 0.4) is 0 Å². The summed E-state index contributed by atoms with van der Waals surface area (Å²) >= 11 is 0. The number of hydrogen-bond donors (Lipinski definition) is 2. The van der Waals surface area contributed by atoms with Crippen LogP contribution in [-0.4, -0.2) is 41.1 Å². The fraction of sp³-hybridized carbons (Fsp3) is 0.933. The summed E-state index contributed by atoms with van der Waals surface area (Å²) in [4.78, 5) is 14.7. The van der Waals surface area contributed by atoms with E-state index in [9.17, 15) is 9.90 Å². The number of amides is 1. The molecule has 1 aliphatic heterocycles. The van der Waals surface area contributed by atoms with E-state index < -0.39 is 0 Å². The van der Waals surface area contributed by atoms with Gasteiger partial charge in [0.2, 0.25) is 5.91 Å². The Balaban J connectivity index is 1.65. The second-order valence-corrected chi connectivity index (χ2v) is 6.97. The fourth-order valence-electron chi connectivity index (χ4n) is 4.35. The quantitative estimate of drug-likeness (QED) is 0.743. The van der Waals surface area contributed by atoms with Crippen molar-refractivity contribution in [3.8, 4) is 0 Å². The molecule has 6 unspecified atom stereocenters. The minimum absolute atomic E-state index is 0.111. The van der Waals surface area contributed by atoms with Crippen molar-refractivity contribution in [3.63, 3.8) is 0 Å². The van der Waals surface area contributed by atoms with Crippen molar-refractivity contribution in [3.05, 3.63) is 0 Å². The van der Waals surface area contributed by atoms with Crippen LogP contribution in [0.4, 0.5) is 0 Å². The SMILES string of the molecule is CC1CCC(N)CC1C(=O)N1CC2CCC(O)C2C1. The van der Waals surface area contributed by atoms with Gasteiger partial charge in [0.1, 0.15) is 0 Å². The lowest BCUT2D eigenvalue weighted by atomic mass is 9.77. The van der Waals surface area contributed by atoms with Crippen molar-refractivity contribution in [2.75, 3.05) is 13.1 Å². The molecular weight excluding hydrogens is 240 g/mol. The normalized spacial score (nSPS) is 46.4. The van der Waals surface area contributed by atoms with Gasteiger partial charge in [-0.05, 0) is 43.9 Å². The summed E-state index contributed by atoms with van der Waals surface area (Å²) in [5.41, 5.74) is 6.03. The van der Waals surface area contributed by atoms with Crippen LogP contribution in [0.15, 0.2) is 0 Å². The molecule has 3 fully saturated rings. The Bertz CT molecular complexity index is 360. The molecular formula is C15H26N2O2. The highest BCUT2D eigenvalue weighted by Gasteiger charge is 2.45. The summed E-state index contributed by atoms with van der Waals surface area (Å²) in [5, 5.41) is 9.95. The smallest absolute Gasteiger partial charge is 0.226 e. The van der Waals surface area contributed by atoms with Gasteiger partial charge in [-0.15, -0.1) is 0 Å². The standard InChI is InChI=1S/C15H26N2O2/c1-9-2-4-11(16)6-12(9)15(19)17-7-10-3-5-14(18)13(10)8-17/h9-14,18H,2-8,16H2,1H3. The van der Waals surface area contributed by atoms with Gasteiger partial charge in [0, 0.05) is 31.0 Å². The monoisotopic (exact) mass is 266 g/mol. The molecule has 2 saturated carbocycles. The molecule has 3 rings (SSSR count). The maximum atomic E-state index is 12.7. The van der Waals surface area contributed by atoms with Gasteiger partial charge in [-0.25, -0.2) is 0 Å². The molecule has 0 bridgehead atoms. The highest BCUT2D eigenvalue weighted by molar-refractivity contribution is 5.79. The van der Waals surface area contributed by atoms with E-state index in [0.29, 0.717) is 23.7 Å². The first-order chi connectivity index (χ1) is 9.06. The first kappa shape index (κ1) is 13.4. The zero-order valence-corrected chi connectivity index (χ0v) is 11.8. The molecule has 0 spiro atoms. The highest BCUT2D eigenvalue weighted by atomic mass is 16.3. The van der Waals surface area contributed by atoms with Gasteiger partial charge in [0.25, 0.3) is 0 Å². The lowest BCUT2D eigenvalue weighted by Gasteiger charge is -2.34. The molecule has 4 heteroatoms. The third kappa shape index (κ3) is 2.40. The van der Waals surface area contributed by atoms with E-state index in [0.717, 1.165) is 45.2 Å². The van der Waals surface area contributed by atoms with Crippen LogP contribution in [0.1, 0.15) is 39.0 Å². The van der Waals surface area contributed by atoms with Crippen LogP contribution < -0.4 is 5.73 Å². The Morgan fingerprint density at radius 1 is 1.21 bits per heavy atom. The van der Waals surface area contributed by atoms with E-state index in [2.05, 4.69) is 6.92 Å². The third-order valence-electron chi connectivity index (χ3n) is 5.68. The molecule has 0 aromatic carbocycles. The zero-order chi connectivity index (χ0) is 13.6. The molecule has 0 radical (unpaired) electrons. The number of carbonyl (C=O) groups is 1. The van der Waals surface area contributed by atoms with Gasteiger partial charge in [-0.3, -0.25) is 4.79 Å². The van der Waals surface area contributed by atoms with Crippen molar-refractivity contribution < 1.29 is 9.90 Å². The molecule has 6 atom stereocenters. The number of carbonyl (C=O) groups excluding carboxylic acids is 1. The number of aliphatic hydroxyl groups is 1. The zero-order valence-electron chi connectivity index (χ0n) is 11.8. The van der Waals surface area contributed by atoms with E-state index >= 15 is 0 Å². The van der Waals surface area contributed by atoms with Gasteiger partial charge in [-0.2, -0.15) is 0 Å². The number of hydrogen-bond acceptors (Lipinski definition) is 3. The number of fused-ring (bicyclic) bond motifs is 1. The third-order valence-corrected chi connectivity index (χ3v) is 5.68. The maximum Gasteiger partial charge on any atom is 0.226 e. The van der Waals surface area contributed by atoms with Gasteiger partial charge in [-0.1, -0.05) is 6.92 Å². The van der Waals surface area contributed by atoms with E-state index in [1.54, 1.807) is 0 Å². The van der Waals surface area contributed by atoms with Gasteiger partial charge in [0.15, 0.2) is 0 Å². The van der Waals surface area contributed by atoms with Crippen LogP contribution in [-0.2, 0) is 4.79 Å². The predicted molar refractivity (Wildman–Crippen MR) is 73.3 cm³/mol. The number of rotatable bonds is 1. The largest absolute Gasteiger partial charge is 0.393 e. The molecule has 3 N–H and O–H groups in total. The first-order valence-electron chi connectivity index (χ1n) is 7.78. The molecule has 3 aliphatic rings. The number of nitrogens with zero attached hydrogens (tertiary/aromatic N) is 1. The molecule has 1 saturated heterocycles. The summed E-state index contributed by atoms with van der Waals surface area (Å²) in [5.74, 6) is 1.73. The van der Waals surface area contributed by atoms with Crippen molar-refractivity contribution in [2.24, 2.45) is 29.4 Å². The molecule has 0 aromatic heterocycles. The van der Waals surface area contributed by atoms with E-state index in [1.165, 1.54) is 0 Å². The lowest BCUT2D eigenvalue weighted by Crippen LogP contribution is -2.43. The Labute approximate surface area is 115 Å². The van der Waals surface area contributed by atoms with Gasteiger partial charge >= 0.3 is 0 Å². The Morgan fingerprint density at radius 2 is 2.00 bits per heavy atom. The summed E-state index contributed by atoms with van der Waals surface area (Å²) in [6.07, 6.45) is 4.77. The van der Waals surface area contributed by atoms with Crippen LogP contribution in [0, 0.1) is 23.7 Å². The summed E-state index contributed by atoms with van der Waals surface area (Å²) in [7, 11) is 0. The average molecular weight is 266 g/mol. The van der Waals surface area contributed by atoms with Crippen LogP contribution in [0.5, 0.6) is 0 Å². The van der Waals surface area contributed by atoms with Crippen LogP contribution in [0.25, 0.3) is 0 Å². The maximum absolute atomic E-state index is 12.7. The number of likely N-dealkylation sites (tertiary alicyclic amines) is 1. The van der Waals surface area contributed by atoms with E-state index in [1.807, 2.05) is 4.90 Å². The average Bonchev–Trinajstić information content (AvgIpc) is 2.94. The Hall–Kier alpha value is -0.610. The molecule has 1 heterocycles. The van der Waals surface area contributed by atoms with E-state index in [4.69, 9.17) is 5.73 Å². The van der Waals surface area contributed by atoms with Crippen LogP contribution in [0.2, 0.25) is 0 Å². The minimum Gasteiger partial charge on any atom is -0.393 e. The Kier molecular flexibility index (Phi) is 3.56. The highest BCUT2D eigenvalue weighted by Crippen LogP contribution is 2.40. The number of aliphatic hydroxyl groups excluding tert-OH is 1. The van der Waals surface area contributed by atoms with E-state index in [-0.39, 0.29) is 18.1 Å². The molecule has 19 heavy (non-hydrogen) atoms. The molecule has 2 aliphatic carbocycles. The van der Waals surface area contributed by atoms with Crippen LogP contribution >= 0.6 is 0 Å². The minimum atomic E-state index is -0.186. The van der Waals surface area contributed by atoms with Crippen molar-refractivity contribution >= 4 is 5.91 Å². The Morgan fingerprint density at radius 3 is 2.74 bits per heavy atom. The predicted octanol–water partition coefficient (Wildman–Crippen LogP) is 0.979. The molecule has 108 valence electrons. The van der Waals surface area contributed by atoms with Gasteiger partial charge < -0.3 is 15.7 Å². The topological polar surface area (TPSA) is 66.6 Å². The fourth-order valence-corrected chi connectivity index (χ4v) is 4.35. The van der Waals surface area contributed by atoms with Crippen molar-refractivity contribution in [1.82, 2.24) is 4.90 Å². The van der Waals surface area contributed by atoms with Crippen molar-refractivity contribution in [2.45, 2.75) is 51.2 Å². The molecule has 1 amide bonds.